The lowest BCUT2D eigenvalue weighted by Crippen LogP contribution is -2.41. The highest BCUT2D eigenvalue weighted by atomic mass is 32.1. The number of aryl methyl sites for hydroxylation is 1. The first-order valence-electron chi connectivity index (χ1n) is 7.31. The summed E-state index contributed by atoms with van der Waals surface area (Å²) in [5, 5.41) is 11.1. The summed E-state index contributed by atoms with van der Waals surface area (Å²) in [7, 11) is 0. The molecule has 2 heterocycles. The van der Waals surface area contributed by atoms with Crippen LogP contribution in [0.5, 0.6) is 0 Å². The molecule has 0 atom stereocenters. The third-order valence-corrected chi connectivity index (χ3v) is 3.53. The van der Waals surface area contributed by atoms with Gasteiger partial charge in [0.1, 0.15) is 16.6 Å². The minimum Gasteiger partial charge on any atom is -0.307 e. The molecule has 23 heavy (non-hydrogen) atoms. The van der Waals surface area contributed by atoms with Crippen LogP contribution in [0.2, 0.25) is 0 Å². The topological polar surface area (TPSA) is 53.1 Å². The number of alkyl halides is 3. The molecule has 2 N–H and O–H groups in total. The van der Waals surface area contributed by atoms with E-state index in [4.69, 9.17) is 0 Å². The van der Waals surface area contributed by atoms with Crippen molar-refractivity contribution in [1.82, 2.24) is 26.2 Å². The van der Waals surface area contributed by atoms with E-state index >= 15 is 0 Å². The second-order valence-electron chi connectivity index (χ2n) is 5.67. The van der Waals surface area contributed by atoms with Gasteiger partial charge in [-0.25, -0.2) is 0 Å². The molecular formula is C14H26F3N5S. The number of nitrogens with zero attached hydrogens (tertiary/aromatic N) is 3. The number of rotatable bonds is 1. The van der Waals surface area contributed by atoms with E-state index in [1.807, 2.05) is 20.8 Å². The summed E-state index contributed by atoms with van der Waals surface area (Å²) in [6.07, 6.45) is -2.82. The Balaban J connectivity index is 0.000000381. The Morgan fingerprint density at radius 2 is 1.70 bits per heavy atom. The average molecular weight is 353 g/mol. The van der Waals surface area contributed by atoms with Gasteiger partial charge in [-0.2, -0.15) is 13.2 Å². The van der Waals surface area contributed by atoms with E-state index in [2.05, 4.69) is 41.9 Å². The molecule has 5 nitrogen and oxygen atoms in total. The predicted octanol–water partition coefficient (Wildman–Crippen LogP) is 3.91. The fourth-order valence-corrected chi connectivity index (χ4v) is 2.09. The van der Waals surface area contributed by atoms with E-state index in [-0.39, 0.29) is 5.41 Å². The van der Waals surface area contributed by atoms with Crippen LogP contribution in [0, 0.1) is 6.92 Å². The summed E-state index contributed by atoms with van der Waals surface area (Å²) in [4.78, 5) is 0. The van der Waals surface area contributed by atoms with Gasteiger partial charge in [-0.1, -0.05) is 34.6 Å². The Labute approximate surface area is 139 Å². The number of hydrogen-bond donors (Lipinski definition) is 2. The van der Waals surface area contributed by atoms with Gasteiger partial charge in [-0.15, -0.1) is 27.1 Å². The maximum absolute atomic E-state index is 11.7. The van der Waals surface area contributed by atoms with Crippen molar-refractivity contribution in [3.05, 3.63) is 21.9 Å². The first kappa shape index (κ1) is 21.6. The number of hydrazine groups is 2. The quantitative estimate of drug-likeness (QED) is 0.802. The molecule has 0 unspecified atom stereocenters. The molecule has 0 aromatic carbocycles. The predicted molar refractivity (Wildman–Crippen MR) is 87.5 cm³/mol. The zero-order chi connectivity index (χ0) is 18.3. The van der Waals surface area contributed by atoms with Crippen LogP contribution in [0.3, 0.4) is 0 Å². The molecule has 9 heteroatoms. The van der Waals surface area contributed by atoms with Gasteiger partial charge in [-0.3, -0.25) is 5.01 Å². The lowest BCUT2D eigenvalue weighted by atomic mass is 9.98. The molecule has 0 aliphatic carbocycles. The molecule has 0 fully saturated rings. The van der Waals surface area contributed by atoms with E-state index in [1.165, 1.54) is 6.20 Å². The first-order chi connectivity index (χ1) is 10.5. The minimum absolute atomic E-state index is 0.159. The number of nitrogens with one attached hydrogen (secondary N) is 2. The summed E-state index contributed by atoms with van der Waals surface area (Å²) in [6, 6.07) is 0. The fraction of sp³-hybridized carbons (Fsp3) is 0.714. The van der Waals surface area contributed by atoms with Crippen molar-refractivity contribution >= 4 is 11.3 Å². The number of hydrogen-bond acceptors (Lipinski definition) is 6. The molecule has 1 aromatic heterocycles. The minimum atomic E-state index is -4.17. The highest BCUT2D eigenvalue weighted by Gasteiger charge is 2.31. The molecule has 2 rings (SSSR count). The maximum Gasteiger partial charge on any atom is 0.407 e. The molecule has 0 spiro atoms. The fourth-order valence-electron chi connectivity index (χ4n) is 1.34. The summed E-state index contributed by atoms with van der Waals surface area (Å²) in [6.45, 7) is 13.1. The van der Waals surface area contributed by atoms with Crippen molar-refractivity contribution in [3.8, 4) is 0 Å². The van der Waals surface area contributed by atoms with Gasteiger partial charge in [0.05, 0.1) is 0 Å². The normalized spacial score (nSPS) is 14.2. The van der Waals surface area contributed by atoms with E-state index < -0.39 is 12.7 Å². The molecule has 134 valence electrons. The van der Waals surface area contributed by atoms with Crippen molar-refractivity contribution in [2.45, 2.75) is 60.1 Å². The largest absolute Gasteiger partial charge is 0.407 e. The second kappa shape index (κ2) is 9.07. The first-order valence-corrected chi connectivity index (χ1v) is 8.13. The summed E-state index contributed by atoms with van der Waals surface area (Å²) >= 11 is 1.67. The molecular weight excluding hydrogens is 327 g/mol. The zero-order valence-corrected chi connectivity index (χ0v) is 15.5. The van der Waals surface area contributed by atoms with Gasteiger partial charge >= 0.3 is 6.18 Å². The Bertz CT molecular complexity index is 491. The maximum atomic E-state index is 11.7. The van der Waals surface area contributed by atoms with Crippen LogP contribution in [0.15, 0.2) is 11.9 Å². The summed E-state index contributed by atoms with van der Waals surface area (Å²) in [5.74, 6) is 0. The van der Waals surface area contributed by atoms with Gasteiger partial charge in [-0.05, 0) is 13.8 Å². The van der Waals surface area contributed by atoms with Gasteiger partial charge in [0, 0.05) is 17.3 Å². The smallest absolute Gasteiger partial charge is 0.307 e. The van der Waals surface area contributed by atoms with Crippen molar-refractivity contribution in [2.75, 3.05) is 6.54 Å². The van der Waals surface area contributed by atoms with Crippen LogP contribution < -0.4 is 11.0 Å². The standard InChI is InChI=1S/C7H12N2S.C5H8F3N3.C2H6/c1-5-8-9-6(10-5)7(2,3)4;1-4-2-11(10-9-4)3-5(6,7)8;1-2/h1-4H3;2,9-10H,3H2,1H3;1-2H3. The number of aromatic nitrogens is 2. The second-order valence-corrected chi connectivity index (χ2v) is 6.85. The van der Waals surface area contributed by atoms with Crippen molar-refractivity contribution in [3.63, 3.8) is 0 Å². The zero-order valence-electron chi connectivity index (χ0n) is 14.7. The van der Waals surface area contributed by atoms with Crippen LogP contribution >= 0.6 is 11.3 Å². The highest BCUT2D eigenvalue weighted by Crippen LogP contribution is 2.24. The van der Waals surface area contributed by atoms with Gasteiger partial charge in [0.2, 0.25) is 0 Å². The molecule has 0 saturated carbocycles. The Morgan fingerprint density at radius 3 is 1.96 bits per heavy atom. The van der Waals surface area contributed by atoms with Crippen LogP contribution in [-0.2, 0) is 5.41 Å². The third-order valence-electron chi connectivity index (χ3n) is 2.26. The lowest BCUT2D eigenvalue weighted by Gasteiger charge is -2.16. The molecule has 0 saturated heterocycles. The van der Waals surface area contributed by atoms with Gasteiger partial charge in [0.25, 0.3) is 0 Å². The van der Waals surface area contributed by atoms with Crippen LogP contribution in [0.4, 0.5) is 13.2 Å². The monoisotopic (exact) mass is 353 g/mol. The van der Waals surface area contributed by atoms with Gasteiger partial charge in [0.15, 0.2) is 0 Å². The highest BCUT2D eigenvalue weighted by molar-refractivity contribution is 7.11. The molecule has 0 amide bonds. The SMILES string of the molecule is CC.CC1=CN(CC(F)(F)F)NN1.Cc1nnc(C(C)(C)C)s1. The Morgan fingerprint density at radius 1 is 1.13 bits per heavy atom. The van der Waals surface area contributed by atoms with Crippen LogP contribution in [0.1, 0.15) is 51.6 Å². The number of allylic oxidation sites excluding steroid dienone is 1. The molecule has 1 aliphatic heterocycles. The summed E-state index contributed by atoms with van der Waals surface area (Å²) in [5.41, 5.74) is 5.68. The van der Waals surface area contributed by atoms with Crippen LogP contribution in [-0.4, -0.2) is 27.9 Å². The van der Waals surface area contributed by atoms with Crippen molar-refractivity contribution < 1.29 is 13.2 Å². The van der Waals surface area contributed by atoms with Crippen LogP contribution in [0.25, 0.3) is 0 Å². The Hall–Kier alpha value is -1.35. The number of halogens is 3. The van der Waals surface area contributed by atoms with E-state index in [9.17, 15) is 13.2 Å². The third kappa shape index (κ3) is 9.39. The van der Waals surface area contributed by atoms with E-state index in [1.54, 1.807) is 18.3 Å². The van der Waals surface area contributed by atoms with Crippen molar-refractivity contribution in [2.24, 2.45) is 0 Å². The van der Waals surface area contributed by atoms with E-state index in [0.717, 1.165) is 15.0 Å². The molecule has 0 bridgehead atoms. The van der Waals surface area contributed by atoms with Crippen molar-refractivity contribution in [1.29, 1.82) is 0 Å². The molecule has 1 aliphatic rings. The van der Waals surface area contributed by atoms with Gasteiger partial charge < -0.3 is 5.43 Å². The summed E-state index contributed by atoms with van der Waals surface area (Å²) < 4.78 is 35.1. The van der Waals surface area contributed by atoms with E-state index in [0.29, 0.717) is 5.70 Å². The lowest BCUT2D eigenvalue weighted by molar-refractivity contribution is -0.145. The Kier molecular flexibility index (Phi) is 8.54. The molecule has 0 radical (unpaired) electrons. The molecule has 1 aromatic rings. The average Bonchev–Trinajstić information content (AvgIpc) is 2.99.